The van der Waals surface area contributed by atoms with E-state index in [4.69, 9.17) is 19.6 Å². The summed E-state index contributed by atoms with van der Waals surface area (Å²) in [6.07, 6.45) is -4.41. The van der Waals surface area contributed by atoms with E-state index in [0.29, 0.717) is 27.8 Å². The first-order valence-corrected chi connectivity index (χ1v) is 11.3. The van der Waals surface area contributed by atoms with Crippen LogP contribution < -0.4 is 9.47 Å². The van der Waals surface area contributed by atoms with Gasteiger partial charge in [-0.3, -0.25) is 0 Å². The smallest absolute Gasteiger partial charge is 0.416 e. The van der Waals surface area contributed by atoms with Crippen LogP contribution in [0.2, 0.25) is 0 Å². The summed E-state index contributed by atoms with van der Waals surface area (Å²) in [5.74, 6) is -0.260. The highest BCUT2D eigenvalue weighted by atomic mass is 32.1. The van der Waals surface area contributed by atoms with Crippen molar-refractivity contribution in [1.29, 1.82) is 0 Å². The number of alkyl halides is 3. The maximum absolute atomic E-state index is 13.0. The maximum atomic E-state index is 13.0. The lowest BCUT2D eigenvalue weighted by atomic mass is 10.0. The normalized spacial score (nSPS) is 11.3. The van der Waals surface area contributed by atoms with E-state index in [9.17, 15) is 18.0 Å². The molecule has 0 fully saturated rings. The van der Waals surface area contributed by atoms with Gasteiger partial charge in [0, 0.05) is 11.6 Å². The van der Waals surface area contributed by atoms with Crippen LogP contribution in [-0.2, 0) is 17.6 Å². The summed E-state index contributed by atoms with van der Waals surface area (Å²) < 4.78 is 50.1. The van der Waals surface area contributed by atoms with Crippen molar-refractivity contribution in [1.82, 2.24) is 4.98 Å². The molecular formula is C26H20F3NO4S. The Labute approximate surface area is 203 Å². The number of halogens is 3. The Balaban J connectivity index is 1.61. The van der Waals surface area contributed by atoms with Gasteiger partial charge in [-0.25, -0.2) is 9.78 Å². The van der Waals surface area contributed by atoms with Crippen LogP contribution in [0.4, 0.5) is 13.2 Å². The number of aromatic nitrogens is 1. The van der Waals surface area contributed by atoms with Gasteiger partial charge >= 0.3 is 12.1 Å². The Hall–Kier alpha value is -3.85. The molecular weight excluding hydrogens is 479 g/mol. The first-order chi connectivity index (χ1) is 16.7. The summed E-state index contributed by atoms with van der Waals surface area (Å²) in [5.41, 5.74) is 2.50. The summed E-state index contributed by atoms with van der Waals surface area (Å²) in [4.78, 5) is 16.2. The van der Waals surface area contributed by atoms with Crippen molar-refractivity contribution in [2.75, 3.05) is 6.61 Å². The molecule has 35 heavy (non-hydrogen) atoms. The third kappa shape index (κ3) is 6.19. The average molecular weight is 500 g/mol. The Kier molecular flexibility index (Phi) is 7.07. The lowest BCUT2D eigenvalue weighted by molar-refractivity contribution is -0.139. The van der Waals surface area contributed by atoms with Gasteiger partial charge in [0.1, 0.15) is 23.1 Å². The molecule has 4 aromatic rings. The van der Waals surface area contributed by atoms with Crippen molar-refractivity contribution in [2.45, 2.75) is 19.7 Å². The molecule has 180 valence electrons. The third-order valence-corrected chi connectivity index (χ3v) is 6.08. The van der Waals surface area contributed by atoms with Gasteiger partial charge in [-0.05, 0) is 36.8 Å². The highest BCUT2D eigenvalue weighted by Crippen LogP contribution is 2.39. The zero-order chi connectivity index (χ0) is 25.0. The maximum Gasteiger partial charge on any atom is 0.416 e. The Bertz CT molecular complexity index is 1320. The molecule has 0 unspecified atom stereocenters. The molecule has 0 saturated carbocycles. The van der Waals surface area contributed by atoms with Crippen molar-refractivity contribution >= 4 is 17.3 Å². The van der Waals surface area contributed by atoms with Crippen molar-refractivity contribution in [3.05, 3.63) is 88.9 Å². The Morgan fingerprint density at radius 1 is 0.943 bits per heavy atom. The number of hydrogen-bond acceptors (Lipinski definition) is 5. The summed E-state index contributed by atoms with van der Waals surface area (Å²) >= 11 is 1.34. The molecule has 0 bridgehead atoms. The number of carboxylic acid groups (broad SMARTS) is 1. The van der Waals surface area contributed by atoms with E-state index < -0.39 is 24.3 Å². The third-order valence-electron chi connectivity index (χ3n) is 5.00. The number of benzene rings is 3. The van der Waals surface area contributed by atoms with Crippen LogP contribution in [0.15, 0.2) is 72.8 Å². The molecule has 0 atom stereocenters. The second-order valence-corrected chi connectivity index (χ2v) is 8.76. The quantitative estimate of drug-likeness (QED) is 0.287. The van der Waals surface area contributed by atoms with Gasteiger partial charge in [0.2, 0.25) is 0 Å². The zero-order valence-corrected chi connectivity index (χ0v) is 19.3. The van der Waals surface area contributed by atoms with E-state index in [-0.39, 0.29) is 6.61 Å². The van der Waals surface area contributed by atoms with Crippen LogP contribution in [-0.4, -0.2) is 22.7 Å². The molecule has 1 N–H and O–H groups in total. The van der Waals surface area contributed by atoms with Gasteiger partial charge in [-0.1, -0.05) is 48.0 Å². The lowest BCUT2D eigenvalue weighted by Crippen LogP contribution is -2.09. The molecule has 0 aliphatic rings. The second-order valence-electron chi connectivity index (χ2n) is 7.67. The van der Waals surface area contributed by atoms with E-state index in [0.717, 1.165) is 28.1 Å². The SMILES string of the molecule is Cc1ccc(-c2nc(COc3cccc(OCC(=O)O)c3)sc2-c2ccc(C(F)(F)F)cc2)cc1. The van der Waals surface area contributed by atoms with Crippen molar-refractivity contribution in [3.8, 4) is 33.2 Å². The van der Waals surface area contributed by atoms with Gasteiger partial charge in [-0.2, -0.15) is 13.2 Å². The van der Waals surface area contributed by atoms with E-state index in [1.54, 1.807) is 24.3 Å². The average Bonchev–Trinajstić information content (AvgIpc) is 3.26. The number of aliphatic carboxylic acids is 1. The molecule has 0 spiro atoms. The van der Waals surface area contributed by atoms with Gasteiger partial charge < -0.3 is 14.6 Å². The van der Waals surface area contributed by atoms with Crippen LogP contribution >= 0.6 is 11.3 Å². The first-order valence-electron chi connectivity index (χ1n) is 10.5. The zero-order valence-electron chi connectivity index (χ0n) is 18.5. The number of hydrogen-bond donors (Lipinski definition) is 1. The molecule has 0 saturated heterocycles. The first kappa shape index (κ1) is 24.3. The number of carbonyl (C=O) groups is 1. The molecule has 0 aliphatic carbocycles. The minimum atomic E-state index is -4.41. The Morgan fingerprint density at radius 3 is 2.20 bits per heavy atom. The largest absolute Gasteiger partial charge is 0.486 e. The van der Waals surface area contributed by atoms with Gasteiger partial charge in [0.05, 0.1) is 16.1 Å². The second kappa shape index (κ2) is 10.2. The molecule has 1 aromatic heterocycles. The molecule has 3 aromatic carbocycles. The minimum Gasteiger partial charge on any atom is -0.486 e. The highest BCUT2D eigenvalue weighted by molar-refractivity contribution is 7.15. The molecule has 9 heteroatoms. The number of rotatable bonds is 8. The molecule has 0 aliphatic heterocycles. The predicted molar refractivity (Wildman–Crippen MR) is 127 cm³/mol. The molecule has 4 rings (SSSR count). The fraction of sp³-hybridized carbons (Fsp3) is 0.154. The van der Waals surface area contributed by atoms with E-state index in [1.165, 1.54) is 23.5 Å². The van der Waals surface area contributed by atoms with E-state index in [2.05, 4.69) is 0 Å². The topological polar surface area (TPSA) is 68.7 Å². The number of thiazole rings is 1. The van der Waals surface area contributed by atoms with Crippen LogP contribution in [0.1, 0.15) is 16.1 Å². The molecule has 0 radical (unpaired) electrons. The van der Waals surface area contributed by atoms with Crippen molar-refractivity contribution in [3.63, 3.8) is 0 Å². The number of nitrogens with zero attached hydrogens (tertiary/aromatic N) is 1. The number of aryl methyl sites for hydroxylation is 1. The fourth-order valence-electron chi connectivity index (χ4n) is 3.28. The summed E-state index contributed by atoms with van der Waals surface area (Å²) in [7, 11) is 0. The van der Waals surface area contributed by atoms with Gasteiger partial charge in [0.25, 0.3) is 0 Å². The minimum absolute atomic E-state index is 0.118. The summed E-state index contributed by atoms with van der Waals surface area (Å²) in [6, 6.07) is 19.3. The van der Waals surface area contributed by atoms with Crippen LogP contribution in [0.5, 0.6) is 11.5 Å². The van der Waals surface area contributed by atoms with Crippen LogP contribution in [0.3, 0.4) is 0 Å². The number of carboxylic acids is 1. The Morgan fingerprint density at radius 2 is 1.57 bits per heavy atom. The van der Waals surface area contributed by atoms with E-state index in [1.807, 2.05) is 31.2 Å². The predicted octanol–water partition coefficient (Wildman–Crippen LogP) is 6.85. The van der Waals surface area contributed by atoms with Crippen LogP contribution in [0.25, 0.3) is 21.7 Å². The molecule has 0 amide bonds. The van der Waals surface area contributed by atoms with Crippen molar-refractivity contribution in [2.24, 2.45) is 0 Å². The van der Waals surface area contributed by atoms with Crippen LogP contribution in [0, 0.1) is 6.92 Å². The van der Waals surface area contributed by atoms with E-state index >= 15 is 0 Å². The number of ether oxygens (including phenoxy) is 2. The summed E-state index contributed by atoms with van der Waals surface area (Å²) in [5, 5.41) is 9.40. The molecule has 1 heterocycles. The fourth-order valence-corrected chi connectivity index (χ4v) is 4.29. The monoisotopic (exact) mass is 499 g/mol. The lowest BCUT2D eigenvalue weighted by Gasteiger charge is -2.08. The van der Waals surface area contributed by atoms with Gasteiger partial charge in [-0.15, -0.1) is 11.3 Å². The van der Waals surface area contributed by atoms with Crippen molar-refractivity contribution < 1.29 is 32.5 Å². The molecule has 5 nitrogen and oxygen atoms in total. The summed E-state index contributed by atoms with van der Waals surface area (Å²) in [6.45, 7) is 1.62. The highest BCUT2D eigenvalue weighted by Gasteiger charge is 2.30. The van der Waals surface area contributed by atoms with Gasteiger partial charge in [0.15, 0.2) is 6.61 Å². The standard InChI is InChI=1S/C26H20F3NO4S/c1-16-5-7-17(8-6-16)24-25(18-9-11-19(12-10-18)26(27,28)29)35-22(30-24)14-33-20-3-2-4-21(13-20)34-15-23(31)32/h2-13H,14-15H2,1H3,(H,31,32).